The zero-order valence-electron chi connectivity index (χ0n) is 13.8. The summed E-state index contributed by atoms with van der Waals surface area (Å²) in [6.45, 7) is 10.2. The highest BCUT2D eigenvalue weighted by Gasteiger charge is 2.17. The van der Waals surface area contributed by atoms with Gasteiger partial charge in [0.2, 0.25) is 0 Å². The Bertz CT molecular complexity index is 449. The number of carbonyl (C=O) groups excluding carboxylic acids is 1. The van der Waals surface area contributed by atoms with E-state index >= 15 is 0 Å². The quantitative estimate of drug-likeness (QED) is 0.710. The van der Waals surface area contributed by atoms with Crippen molar-refractivity contribution in [1.82, 2.24) is 25.3 Å². The van der Waals surface area contributed by atoms with Gasteiger partial charge in [-0.3, -0.25) is 9.48 Å². The number of piperidine rings is 1. The minimum Gasteiger partial charge on any atom is -0.351 e. The molecule has 0 saturated carbocycles. The number of rotatable bonds is 8. The Morgan fingerprint density at radius 2 is 2.32 bits per heavy atom. The first-order chi connectivity index (χ1) is 10.7. The van der Waals surface area contributed by atoms with E-state index in [1.165, 1.54) is 0 Å². The molecule has 22 heavy (non-hydrogen) atoms. The topological polar surface area (TPSA) is 62.2 Å². The van der Waals surface area contributed by atoms with Crippen LogP contribution in [0.3, 0.4) is 0 Å². The second-order valence-electron chi connectivity index (χ2n) is 5.82. The van der Waals surface area contributed by atoms with E-state index in [-0.39, 0.29) is 5.91 Å². The van der Waals surface area contributed by atoms with E-state index in [9.17, 15) is 4.79 Å². The third-order valence-electron chi connectivity index (χ3n) is 4.32. The van der Waals surface area contributed by atoms with Crippen LogP contribution in [-0.2, 0) is 0 Å². The standard InChI is InChI=1S/C16H29N5O/c1-3-20(4-2)11-6-10-18-16(22)15-8-12-21(19-15)14-7-5-9-17-13-14/h8,12,14,17H,3-7,9-11,13H2,1-2H3,(H,18,22). The molecule has 1 fully saturated rings. The molecule has 0 aromatic carbocycles. The normalized spacial score (nSPS) is 18.6. The molecule has 1 aliphatic rings. The number of hydrogen-bond donors (Lipinski definition) is 2. The van der Waals surface area contributed by atoms with Gasteiger partial charge in [0.1, 0.15) is 5.69 Å². The van der Waals surface area contributed by atoms with Crippen molar-refractivity contribution in [3.05, 3.63) is 18.0 Å². The number of nitrogens with zero attached hydrogens (tertiary/aromatic N) is 3. The predicted octanol–water partition coefficient (Wildman–Crippen LogP) is 1.27. The monoisotopic (exact) mass is 307 g/mol. The van der Waals surface area contributed by atoms with Crippen molar-refractivity contribution in [2.45, 2.75) is 39.2 Å². The van der Waals surface area contributed by atoms with Gasteiger partial charge in [-0.15, -0.1) is 0 Å². The van der Waals surface area contributed by atoms with Crippen LogP contribution in [0.5, 0.6) is 0 Å². The largest absolute Gasteiger partial charge is 0.351 e. The number of carbonyl (C=O) groups is 1. The van der Waals surface area contributed by atoms with E-state index < -0.39 is 0 Å². The first-order valence-corrected chi connectivity index (χ1v) is 8.51. The Hall–Kier alpha value is -1.40. The lowest BCUT2D eigenvalue weighted by Gasteiger charge is -2.22. The van der Waals surface area contributed by atoms with Crippen molar-refractivity contribution in [2.75, 3.05) is 39.3 Å². The van der Waals surface area contributed by atoms with E-state index in [1.54, 1.807) is 0 Å². The van der Waals surface area contributed by atoms with Crippen LogP contribution < -0.4 is 10.6 Å². The third kappa shape index (κ3) is 4.81. The van der Waals surface area contributed by atoms with Crippen molar-refractivity contribution >= 4 is 5.91 Å². The Morgan fingerprint density at radius 1 is 1.50 bits per heavy atom. The maximum Gasteiger partial charge on any atom is 0.271 e. The third-order valence-corrected chi connectivity index (χ3v) is 4.32. The predicted molar refractivity (Wildman–Crippen MR) is 88.1 cm³/mol. The second kappa shape index (κ2) is 8.90. The van der Waals surface area contributed by atoms with Crippen molar-refractivity contribution in [3.63, 3.8) is 0 Å². The van der Waals surface area contributed by atoms with Gasteiger partial charge < -0.3 is 15.5 Å². The summed E-state index contributed by atoms with van der Waals surface area (Å²) in [7, 11) is 0. The fourth-order valence-electron chi connectivity index (χ4n) is 2.86. The molecule has 1 aromatic rings. The molecule has 1 aromatic heterocycles. The van der Waals surface area contributed by atoms with Crippen molar-refractivity contribution in [3.8, 4) is 0 Å². The van der Waals surface area contributed by atoms with Gasteiger partial charge in [-0.25, -0.2) is 0 Å². The highest BCUT2D eigenvalue weighted by molar-refractivity contribution is 5.92. The fourth-order valence-corrected chi connectivity index (χ4v) is 2.86. The first kappa shape index (κ1) is 17.0. The van der Waals surface area contributed by atoms with Gasteiger partial charge in [0.05, 0.1) is 6.04 Å². The van der Waals surface area contributed by atoms with Crippen LogP contribution in [-0.4, -0.2) is 59.9 Å². The van der Waals surface area contributed by atoms with Gasteiger partial charge in [-0.2, -0.15) is 5.10 Å². The zero-order valence-corrected chi connectivity index (χ0v) is 13.8. The lowest BCUT2D eigenvalue weighted by molar-refractivity contribution is 0.0945. The van der Waals surface area contributed by atoms with Crippen molar-refractivity contribution < 1.29 is 4.79 Å². The van der Waals surface area contributed by atoms with Crippen molar-refractivity contribution in [2.24, 2.45) is 0 Å². The molecule has 6 nitrogen and oxygen atoms in total. The minimum absolute atomic E-state index is 0.0675. The van der Waals surface area contributed by atoms with E-state index in [0.29, 0.717) is 18.3 Å². The Morgan fingerprint density at radius 3 is 3.00 bits per heavy atom. The number of hydrogen-bond acceptors (Lipinski definition) is 4. The van der Waals surface area contributed by atoms with Gasteiger partial charge in [-0.1, -0.05) is 13.8 Å². The van der Waals surface area contributed by atoms with Crippen LogP contribution in [0.4, 0.5) is 0 Å². The Labute approximate surface area is 133 Å². The number of aromatic nitrogens is 2. The summed E-state index contributed by atoms with van der Waals surface area (Å²) in [6, 6.07) is 2.19. The van der Waals surface area contributed by atoms with Gasteiger partial charge in [0, 0.05) is 19.3 Å². The fraction of sp³-hybridized carbons (Fsp3) is 0.750. The Kier molecular flexibility index (Phi) is 6.86. The molecule has 0 bridgehead atoms. The molecule has 1 amide bonds. The van der Waals surface area contributed by atoms with Gasteiger partial charge in [0.25, 0.3) is 5.91 Å². The van der Waals surface area contributed by atoms with Crippen molar-refractivity contribution in [1.29, 1.82) is 0 Å². The van der Waals surface area contributed by atoms with Gasteiger partial charge in [0.15, 0.2) is 0 Å². The average Bonchev–Trinajstić information content (AvgIpc) is 3.06. The number of nitrogens with one attached hydrogen (secondary N) is 2. The molecular formula is C16H29N5O. The van der Waals surface area contributed by atoms with Crippen LogP contribution in [0.1, 0.15) is 49.6 Å². The molecule has 1 unspecified atom stereocenters. The zero-order chi connectivity index (χ0) is 15.8. The summed E-state index contributed by atoms with van der Waals surface area (Å²) in [6.07, 6.45) is 5.18. The Balaban J connectivity index is 1.74. The summed E-state index contributed by atoms with van der Waals surface area (Å²) in [5.74, 6) is -0.0675. The lowest BCUT2D eigenvalue weighted by Crippen LogP contribution is -2.32. The maximum absolute atomic E-state index is 12.1. The average molecular weight is 307 g/mol. The van der Waals surface area contributed by atoms with Crippen LogP contribution >= 0.6 is 0 Å². The molecule has 2 heterocycles. The molecule has 0 radical (unpaired) electrons. The SMILES string of the molecule is CCN(CC)CCCNC(=O)c1ccn(C2CCCNC2)n1. The summed E-state index contributed by atoms with van der Waals surface area (Å²) >= 11 is 0. The van der Waals surface area contributed by atoms with E-state index in [4.69, 9.17) is 0 Å². The maximum atomic E-state index is 12.1. The number of amides is 1. The molecule has 0 aliphatic carbocycles. The summed E-state index contributed by atoms with van der Waals surface area (Å²) < 4.78 is 1.93. The highest BCUT2D eigenvalue weighted by atomic mass is 16.1. The van der Waals surface area contributed by atoms with Crippen LogP contribution in [0, 0.1) is 0 Å². The second-order valence-corrected chi connectivity index (χ2v) is 5.82. The van der Waals surface area contributed by atoms with Crippen LogP contribution in [0.2, 0.25) is 0 Å². The molecular weight excluding hydrogens is 278 g/mol. The molecule has 0 spiro atoms. The van der Waals surface area contributed by atoms with E-state index in [1.807, 2.05) is 16.9 Å². The van der Waals surface area contributed by atoms with Gasteiger partial charge >= 0.3 is 0 Å². The van der Waals surface area contributed by atoms with Crippen LogP contribution in [0.15, 0.2) is 12.3 Å². The molecule has 1 atom stereocenters. The summed E-state index contributed by atoms with van der Waals surface area (Å²) in [5, 5.41) is 10.8. The highest BCUT2D eigenvalue weighted by Crippen LogP contribution is 2.15. The molecule has 2 N–H and O–H groups in total. The smallest absolute Gasteiger partial charge is 0.271 e. The molecule has 1 saturated heterocycles. The lowest BCUT2D eigenvalue weighted by atomic mass is 10.1. The van der Waals surface area contributed by atoms with Gasteiger partial charge in [-0.05, 0) is 51.5 Å². The summed E-state index contributed by atoms with van der Waals surface area (Å²) in [5.41, 5.74) is 0.522. The van der Waals surface area contributed by atoms with Crippen LogP contribution in [0.25, 0.3) is 0 Å². The molecule has 124 valence electrons. The van der Waals surface area contributed by atoms with E-state index in [0.717, 1.165) is 52.0 Å². The van der Waals surface area contributed by atoms with E-state index in [2.05, 4.69) is 34.5 Å². The first-order valence-electron chi connectivity index (χ1n) is 8.51. The molecule has 2 rings (SSSR count). The summed E-state index contributed by atoms with van der Waals surface area (Å²) in [4.78, 5) is 14.5. The molecule has 1 aliphatic heterocycles. The minimum atomic E-state index is -0.0675. The molecule has 6 heteroatoms.